The zero-order valence-corrected chi connectivity index (χ0v) is 16.2. The average molecular weight is 413 g/mol. The first kappa shape index (κ1) is 18.1. The van der Waals surface area contributed by atoms with E-state index >= 15 is 0 Å². The molecule has 2 aromatic carbocycles. The van der Waals surface area contributed by atoms with Gasteiger partial charge in [0.25, 0.3) is 0 Å². The monoisotopic (exact) mass is 412 g/mol. The van der Waals surface area contributed by atoms with Gasteiger partial charge in [-0.2, -0.15) is 5.21 Å². The van der Waals surface area contributed by atoms with E-state index in [2.05, 4.69) is 31.3 Å². The summed E-state index contributed by atoms with van der Waals surface area (Å²) in [6.07, 6.45) is 4.83. The van der Waals surface area contributed by atoms with E-state index in [0.29, 0.717) is 10.7 Å². The van der Waals surface area contributed by atoms with Crippen molar-refractivity contribution in [3.63, 3.8) is 0 Å². The van der Waals surface area contributed by atoms with Crippen molar-refractivity contribution in [1.82, 2.24) is 25.9 Å². The van der Waals surface area contributed by atoms with E-state index in [4.69, 9.17) is 11.6 Å². The van der Waals surface area contributed by atoms with E-state index in [1.165, 1.54) is 6.07 Å². The molecule has 0 bridgehead atoms. The van der Waals surface area contributed by atoms with Crippen LogP contribution in [0.4, 0.5) is 14.9 Å². The molecule has 2 amide bonds. The number of fused-ring (bicyclic) bond motifs is 2. The number of halogens is 2. The molecule has 7 nitrogen and oxygen atoms in total. The number of nitrogens with zero attached hydrogens (tertiary/aromatic N) is 3. The predicted octanol–water partition coefficient (Wildman–Crippen LogP) is 4.62. The van der Waals surface area contributed by atoms with Crippen LogP contribution in [0.2, 0.25) is 5.02 Å². The summed E-state index contributed by atoms with van der Waals surface area (Å²) >= 11 is 6.47. The SMILES string of the molecule is O=C1Nc2c(Cl)ccc(-c3ccc(F)c(-c4nn[nH]n4)c3)c2C2(CCCCC2)N1. The molecule has 2 heterocycles. The van der Waals surface area contributed by atoms with Crippen LogP contribution in [0.3, 0.4) is 0 Å². The first-order valence-corrected chi connectivity index (χ1v) is 9.91. The van der Waals surface area contributed by atoms with Crippen LogP contribution in [0.25, 0.3) is 22.5 Å². The fourth-order valence-electron chi connectivity index (χ4n) is 4.53. The Morgan fingerprint density at radius 2 is 1.90 bits per heavy atom. The molecular weight excluding hydrogens is 395 g/mol. The number of rotatable bonds is 2. The third kappa shape index (κ3) is 2.95. The van der Waals surface area contributed by atoms with Crippen molar-refractivity contribution >= 4 is 23.3 Å². The van der Waals surface area contributed by atoms with E-state index in [-0.39, 0.29) is 17.4 Å². The Morgan fingerprint density at radius 3 is 2.66 bits per heavy atom. The second kappa shape index (κ2) is 6.81. The largest absolute Gasteiger partial charge is 0.328 e. The van der Waals surface area contributed by atoms with Gasteiger partial charge in [-0.15, -0.1) is 10.2 Å². The van der Waals surface area contributed by atoms with Gasteiger partial charge in [0.2, 0.25) is 5.82 Å². The second-order valence-electron chi connectivity index (χ2n) is 7.50. The Hall–Kier alpha value is -3.00. The highest BCUT2D eigenvalue weighted by atomic mass is 35.5. The minimum atomic E-state index is -0.489. The number of urea groups is 1. The van der Waals surface area contributed by atoms with Crippen molar-refractivity contribution in [3.8, 4) is 22.5 Å². The number of benzene rings is 2. The number of carbonyl (C=O) groups is 1. The molecule has 3 aromatic rings. The topological polar surface area (TPSA) is 95.6 Å². The van der Waals surface area contributed by atoms with E-state index < -0.39 is 11.4 Å². The summed E-state index contributed by atoms with van der Waals surface area (Å²) in [6, 6.07) is 8.25. The van der Waals surface area contributed by atoms with Gasteiger partial charge >= 0.3 is 6.03 Å². The van der Waals surface area contributed by atoms with Crippen molar-refractivity contribution < 1.29 is 9.18 Å². The number of anilines is 1. The number of aromatic nitrogens is 4. The zero-order valence-electron chi connectivity index (χ0n) is 15.4. The van der Waals surface area contributed by atoms with Crippen LogP contribution in [0, 0.1) is 5.82 Å². The smallest absolute Gasteiger partial charge is 0.319 e. The molecule has 0 radical (unpaired) electrons. The van der Waals surface area contributed by atoms with Crippen LogP contribution < -0.4 is 10.6 Å². The van der Waals surface area contributed by atoms with Gasteiger partial charge < -0.3 is 10.6 Å². The summed E-state index contributed by atoms with van der Waals surface area (Å²) in [5.74, 6) is -0.247. The molecular formula is C20H18ClFN6O. The molecule has 9 heteroatoms. The van der Waals surface area contributed by atoms with Gasteiger partial charge in [-0.05, 0) is 47.4 Å². The fourth-order valence-corrected chi connectivity index (χ4v) is 4.74. The third-order valence-corrected chi connectivity index (χ3v) is 6.11. The number of aromatic amines is 1. The molecule has 0 atom stereocenters. The van der Waals surface area contributed by atoms with Crippen LogP contribution in [0.5, 0.6) is 0 Å². The number of amides is 2. The van der Waals surface area contributed by atoms with E-state index in [9.17, 15) is 9.18 Å². The van der Waals surface area contributed by atoms with Gasteiger partial charge in [-0.1, -0.05) is 43.0 Å². The van der Waals surface area contributed by atoms with Crippen LogP contribution in [0.15, 0.2) is 30.3 Å². The number of hydrogen-bond donors (Lipinski definition) is 3. The van der Waals surface area contributed by atoms with Crippen molar-refractivity contribution in [3.05, 3.63) is 46.7 Å². The number of tetrazole rings is 1. The van der Waals surface area contributed by atoms with Crippen molar-refractivity contribution in [2.45, 2.75) is 37.6 Å². The lowest BCUT2D eigenvalue weighted by Gasteiger charge is -2.44. The average Bonchev–Trinajstić information content (AvgIpc) is 3.24. The van der Waals surface area contributed by atoms with E-state index in [0.717, 1.165) is 48.8 Å². The molecule has 29 heavy (non-hydrogen) atoms. The van der Waals surface area contributed by atoms with E-state index in [1.54, 1.807) is 18.2 Å². The summed E-state index contributed by atoms with van der Waals surface area (Å²) in [4.78, 5) is 12.4. The van der Waals surface area contributed by atoms with Gasteiger partial charge in [0, 0.05) is 5.56 Å². The number of carbonyl (C=O) groups excluding carboxylic acids is 1. The Bertz CT molecular complexity index is 1090. The summed E-state index contributed by atoms with van der Waals surface area (Å²) < 4.78 is 14.4. The van der Waals surface area contributed by atoms with Crippen LogP contribution in [-0.4, -0.2) is 26.7 Å². The highest BCUT2D eigenvalue weighted by Gasteiger charge is 2.43. The molecule has 1 fully saturated rings. The van der Waals surface area contributed by atoms with Gasteiger partial charge in [0.1, 0.15) is 5.82 Å². The molecule has 2 aliphatic rings. The number of hydrogen-bond acceptors (Lipinski definition) is 4. The van der Waals surface area contributed by atoms with Crippen molar-refractivity contribution in [2.75, 3.05) is 5.32 Å². The maximum Gasteiger partial charge on any atom is 0.319 e. The maximum absolute atomic E-state index is 14.4. The Balaban J connectivity index is 1.73. The molecule has 3 N–H and O–H groups in total. The van der Waals surface area contributed by atoms with Gasteiger partial charge in [-0.3, -0.25) is 0 Å². The van der Waals surface area contributed by atoms with Gasteiger partial charge in [-0.25, -0.2) is 9.18 Å². The van der Waals surface area contributed by atoms with Crippen LogP contribution >= 0.6 is 11.6 Å². The van der Waals surface area contributed by atoms with Crippen LogP contribution in [0.1, 0.15) is 37.7 Å². The molecule has 1 saturated carbocycles. The number of H-pyrrole nitrogens is 1. The lowest BCUT2D eigenvalue weighted by atomic mass is 9.72. The van der Waals surface area contributed by atoms with Crippen LogP contribution in [-0.2, 0) is 5.54 Å². The standard InChI is InChI=1S/C20H18ClFN6O/c21-14-6-5-12(11-4-7-15(22)13(10-11)18-25-27-28-26-18)16-17(14)23-19(29)24-20(16)8-2-1-3-9-20/h4-7,10H,1-3,8-9H2,(H2,23,24,29)(H,25,26,27,28). The first-order chi connectivity index (χ1) is 14.1. The maximum atomic E-state index is 14.4. The van der Waals surface area contributed by atoms with Gasteiger partial charge in [0.15, 0.2) is 0 Å². The molecule has 1 spiro atoms. The molecule has 0 saturated heterocycles. The van der Waals surface area contributed by atoms with Crippen molar-refractivity contribution in [2.24, 2.45) is 0 Å². The summed E-state index contributed by atoms with van der Waals surface area (Å²) in [7, 11) is 0. The zero-order chi connectivity index (χ0) is 20.0. The highest BCUT2D eigenvalue weighted by Crippen LogP contribution is 2.49. The second-order valence-corrected chi connectivity index (χ2v) is 7.90. The first-order valence-electron chi connectivity index (χ1n) is 9.53. The Labute approximate surface area is 171 Å². The minimum Gasteiger partial charge on any atom is -0.328 e. The predicted molar refractivity (Wildman–Crippen MR) is 107 cm³/mol. The molecule has 1 aliphatic heterocycles. The molecule has 0 unspecified atom stereocenters. The minimum absolute atomic E-state index is 0.186. The molecule has 5 rings (SSSR count). The lowest BCUT2D eigenvalue weighted by molar-refractivity contribution is 0.209. The third-order valence-electron chi connectivity index (χ3n) is 5.80. The highest BCUT2D eigenvalue weighted by molar-refractivity contribution is 6.34. The van der Waals surface area contributed by atoms with Gasteiger partial charge in [0.05, 0.1) is 21.8 Å². The Kier molecular flexibility index (Phi) is 4.24. The van der Waals surface area contributed by atoms with Crippen molar-refractivity contribution in [1.29, 1.82) is 0 Å². The normalized spacial score (nSPS) is 17.5. The Morgan fingerprint density at radius 1 is 1.07 bits per heavy atom. The molecule has 1 aliphatic carbocycles. The lowest BCUT2D eigenvalue weighted by Crippen LogP contribution is -2.53. The number of nitrogens with one attached hydrogen (secondary N) is 3. The summed E-state index contributed by atoms with van der Waals surface area (Å²) in [6.45, 7) is 0. The fraction of sp³-hybridized carbons (Fsp3) is 0.300. The van der Waals surface area contributed by atoms with E-state index in [1.807, 2.05) is 6.07 Å². The molecule has 148 valence electrons. The quantitative estimate of drug-likeness (QED) is 0.572. The summed E-state index contributed by atoms with van der Waals surface area (Å²) in [5.41, 5.74) is 3.03. The molecule has 1 aromatic heterocycles. The summed E-state index contributed by atoms with van der Waals surface area (Å²) in [5, 5.41) is 20.2.